The van der Waals surface area contributed by atoms with Crippen LogP contribution < -0.4 is 4.72 Å². The van der Waals surface area contributed by atoms with Crippen molar-refractivity contribution in [3.8, 4) is 0 Å². The van der Waals surface area contributed by atoms with Crippen LogP contribution >= 0.6 is 0 Å². The van der Waals surface area contributed by atoms with E-state index in [1.54, 1.807) is 26.0 Å². The van der Waals surface area contributed by atoms with Crippen molar-refractivity contribution in [3.63, 3.8) is 0 Å². The van der Waals surface area contributed by atoms with Gasteiger partial charge in [0.25, 0.3) is 0 Å². The van der Waals surface area contributed by atoms with Crippen molar-refractivity contribution < 1.29 is 18.3 Å². The van der Waals surface area contributed by atoms with E-state index in [0.717, 1.165) is 0 Å². The molecule has 6 heteroatoms. The molecule has 0 saturated heterocycles. The molecule has 0 bridgehead atoms. The first-order valence-corrected chi connectivity index (χ1v) is 7.70. The van der Waals surface area contributed by atoms with E-state index in [2.05, 4.69) is 4.72 Å². The van der Waals surface area contributed by atoms with E-state index in [9.17, 15) is 13.5 Å². The Labute approximate surface area is 114 Å². The van der Waals surface area contributed by atoms with Crippen LogP contribution in [0.3, 0.4) is 0 Å². The number of sulfonamides is 1. The third kappa shape index (κ3) is 4.28. The molecule has 0 radical (unpaired) electrons. The summed E-state index contributed by atoms with van der Waals surface area (Å²) in [7, 11) is -3.59. The van der Waals surface area contributed by atoms with Crippen LogP contribution in [0.4, 0.5) is 0 Å². The van der Waals surface area contributed by atoms with Crippen molar-refractivity contribution in [1.82, 2.24) is 4.72 Å². The fourth-order valence-electron chi connectivity index (χ4n) is 1.78. The minimum atomic E-state index is -3.59. The van der Waals surface area contributed by atoms with E-state index < -0.39 is 10.0 Å². The summed E-state index contributed by atoms with van der Waals surface area (Å²) in [5.74, 6) is 0. The number of aliphatic hydroxyl groups is 1. The summed E-state index contributed by atoms with van der Waals surface area (Å²) in [5.41, 5.74) is 1.18. The topological polar surface area (TPSA) is 75.6 Å². The zero-order valence-electron chi connectivity index (χ0n) is 11.5. The van der Waals surface area contributed by atoms with Crippen molar-refractivity contribution >= 4 is 10.0 Å². The Morgan fingerprint density at radius 2 is 2.11 bits per heavy atom. The molecule has 0 amide bonds. The first-order chi connectivity index (χ1) is 8.92. The predicted octanol–water partition coefficient (Wildman–Crippen LogP) is 1.19. The van der Waals surface area contributed by atoms with Gasteiger partial charge in [0, 0.05) is 12.6 Å². The van der Waals surface area contributed by atoms with E-state index in [0.29, 0.717) is 24.3 Å². The lowest BCUT2D eigenvalue weighted by Crippen LogP contribution is -2.36. The van der Waals surface area contributed by atoms with Crippen LogP contribution in [0.25, 0.3) is 0 Å². The van der Waals surface area contributed by atoms with Gasteiger partial charge in [-0.1, -0.05) is 12.1 Å². The molecule has 2 N–H and O–H groups in total. The van der Waals surface area contributed by atoms with Gasteiger partial charge in [0.05, 0.1) is 18.1 Å². The molecule has 1 unspecified atom stereocenters. The SMILES string of the molecule is CCOCC(C)NS(=O)(=O)c1cccc(CO)c1C. The van der Waals surface area contributed by atoms with Gasteiger partial charge in [0.2, 0.25) is 10.0 Å². The Morgan fingerprint density at radius 3 is 2.68 bits per heavy atom. The van der Waals surface area contributed by atoms with Gasteiger partial charge < -0.3 is 9.84 Å². The van der Waals surface area contributed by atoms with Gasteiger partial charge >= 0.3 is 0 Å². The summed E-state index contributed by atoms with van der Waals surface area (Å²) in [6.07, 6.45) is 0. The maximum absolute atomic E-state index is 12.2. The number of benzene rings is 1. The summed E-state index contributed by atoms with van der Waals surface area (Å²) in [6.45, 7) is 5.99. The minimum absolute atomic E-state index is 0.177. The summed E-state index contributed by atoms with van der Waals surface area (Å²) in [4.78, 5) is 0.197. The lowest BCUT2D eigenvalue weighted by atomic mass is 10.1. The zero-order chi connectivity index (χ0) is 14.5. The van der Waals surface area contributed by atoms with Gasteiger partial charge in [0.1, 0.15) is 0 Å². The first-order valence-electron chi connectivity index (χ1n) is 6.21. The molecular weight excluding hydrogens is 266 g/mol. The van der Waals surface area contributed by atoms with Crippen LogP contribution in [0.5, 0.6) is 0 Å². The van der Waals surface area contributed by atoms with Gasteiger partial charge in [0.15, 0.2) is 0 Å². The highest BCUT2D eigenvalue weighted by molar-refractivity contribution is 7.89. The molecule has 1 aromatic rings. The third-order valence-corrected chi connectivity index (χ3v) is 4.52. The van der Waals surface area contributed by atoms with Crippen LogP contribution in [0.2, 0.25) is 0 Å². The van der Waals surface area contributed by atoms with Gasteiger partial charge in [-0.2, -0.15) is 0 Å². The predicted molar refractivity (Wildman–Crippen MR) is 73.4 cm³/mol. The molecule has 19 heavy (non-hydrogen) atoms. The van der Waals surface area contributed by atoms with Crippen molar-refractivity contribution in [2.45, 2.75) is 38.3 Å². The summed E-state index contributed by atoms with van der Waals surface area (Å²) >= 11 is 0. The maximum Gasteiger partial charge on any atom is 0.241 e. The number of hydrogen-bond acceptors (Lipinski definition) is 4. The average molecular weight is 287 g/mol. The second-order valence-corrected chi connectivity index (χ2v) is 6.06. The molecule has 108 valence electrons. The minimum Gasteiger partial charge on any atom is -0.392 e. The second kappa shape index (κ2) is 7.00. The molecule has 1 aromatic carbocycles. The summed E-state index contributed by atoms with van der Waals surface area (Å²) in [6, 6.07) is 4.56. The zero-order valence-corrected chi connectivity index (χ0v) is 12.3. The van der Waals surface area contributed by atoms with Gasteiger partial charge in [-0.25, -0.2) is 13.1 Å². The molecule has 0 heterocycles. The number of ether oxygens (including phenoxy) is 1. The molecule has 0 aromatic heterocycles. The van der Waals surface area contributed by atoms with Crippen molar-refractivity contribution in [1.29, 1.82) is 0 Å². The molecule has 0 saturated carbocycles. The van der Waals surface area contributed by atoms with E-state index in [4.69, 9.17) is 4.74 Å². The largest absolute Gasteiger partial charge is 0.392 e. The number of nitrogens with one attached hydrogen (secondary N) is 1. The Balaban J connectivity index is 2.94. The molecule has 5 nitrogen and oxygen atoms in total. The quantitative estimate of drug-likeness (QED) is 0.790. The maximum atomic E-state index is 12.2. The summed E-state index contributed by atoms with van der Waals surface area (Å²) < 4.78 is 32.2. The molecule has 0 aliphatic rings. The molecule has 1 rings (SSSR count). The number of rotatable bonds is 7. The van der Waals surface area contributed by atoms with Gasteiger partial charge in [-0.15, -0.1) is 0 Å². The number of aliphatic hydroxyl groups excluding tert-OH is 1. The molecule has 0 spiro atoms. The van der Waals surface area contributed by atoms with Crippen molar-refractivity contribution in [3.05, 3.63) is 29.3 Å². The highest BCUT2D eigenvalue weighted by Crippen LogP contribution is 2.19. The van der Waals surface area contributed by atoms with E-state index in [1.807, 2.05) is 6.92 Å². The lowest BCUT2D eigenvalue weighted by Gasteiger charge is -2.16. The van der Waals surface area contributed by atoms with Crippen LogP contribution in [0.1, 0.15) is 25.0 Å². The van der Waals surface area contributed by atoms with Crippen molar-refractivity contribution in [2.24, 2.45) is 0 Å². The second-order valence-electron chi connectivity index (χ2n) is 4.38. The molecule has 0 aliphatic carbocycles. The van der Waals surface area contributed by atoms with E-state index >= 15 is 0 Å². The van der Waals surface area contributed by atoms with Crippen molar-refractivity contribution in [2.75, 3.05) is 13.2 Å². The smallest absolute Gasteiger partial charge is 0.241 e. The summed E-state index contributed by atoms with van der Waals surface area (Å²) in [5, 5.41) is 9.17. The van der Waals surface area contributed by atoms with Gasteiger partial charge in [-0.3, -0.25) is 0 Å². The van der Waals surface area contributed by atoms with Crippen LogP contribution in [0.15, 0.2) is 23.1 Å². The number of hydrogen-bond donors (Lipinski definition) is 2. The Bertz CT molecular complexity index is 513. The molecule has 1 atom stereocenters. The van der Waals surface area contributed by atoms with Crippen LogP contribution in [-0.2, 0) is 21.4 Å². The normalized spacial score (nSPS) is 13.5. The third-order valence-electron chi connectivity index (χ3n) is 2.78. The Kier molecular flexibility index (Phi) is 5.93. The van der Waals surface area contributed by atoms with Crippen LogP contribution in [0, 0.1) is 6.92 Å². The van der Waals surface area contributed by atoms with E-state index in [-0.39, 0.29) is 17.5 Å². The lowest BCUT2D eigenvalue weighted by molar-refractivity contribution is 0.133. The average Bonchev–Trinajstić information content (AvgIpc) is 2.35. The fraction of sp³-hybridized carbons (Fsp3) is 0.538. The van der Waals surface area contributed by atoms with E-state index in [1.165, 1.54) is 6.07 Å². The highest BCUT2D eigenvalue weighted by atomic mass is 32.2. The highest BCUT2D eigenvalue weighted by Gasteiger charge is 2.20. The first kappa shape index (κ1) is 16.1. The monoisotopic (exact) mass is 287 g/mol. The molecular formula is C13H21NO4S. The standard InChI is InChI=1S/C13H21NO4S/c1-4-18-9-10(2)14-19(16,17)13-7-5-6-12(8-15)11(13)3/h5-7,10,14-15H,4,8-9H2,1-3H3. The fourth-order valence-corrected chi connectivity index (χ4v) is 3.30. The Hall–Kier alpha value is -0.950. The van der Waals surface area contributed by atoms with Gasteiger partial charge in [-0.05, 0) is 38.0 Å². The Morgan fingerprint density at radius 1 is 1.42 bits per heavy atom. The molecule has 0 aliphatic heterocycles. The van der Waals surface area contributed by atoms with Crippen LogP contribution in [-0.4, -0.2) is 32.8 Å². The molecule has 0 fully saturated rings.